The van der Waals surface area contributed by atoms with Gasteiger partial charge < -0.3 is 20.7 Å². The topological polar surface area (TPSA) is 105 Å². The van der Waals surface area contributed by atoms with Crippen LogP contribution in [0.1, 0.15) is 33.3 Å². The Hall–Kier alpha value is -2.37. The Morgan fingerprint density at radius 1 is 1.21 bits per heavy atom. The summed E-state index contributed by atoms with van der Waals surface area (Å²) < 4.78 is 6.91. The molecule has 0 aliphatic carbocycles. The fraction of sp³-hybridized carbons (Fsp3) is 0.474. The van der Waals surface area contributed by atoms with E-state index in [0.717, 1.165) is 17.9 Å². The summed E-state index contributed by atoms with van der Waals surface area (Å²) in [7, 11) is 0. The van der Waals surface area contributed by atoms with Gasteiger partial charge in [-0.15, -0.1) is 24.0 Å². The van der Waals surface area contributed by atoms with Crippen LogP contribution in [0, 0.1) is 0 Å². The quantitative estimate of drug-likeness (QED) is 0.227. The Bertz CT molecular complexity index is 773. The highest BCUT2D eigenvalue weighted by atomic mass is 127. The molecule has 160 valence electrons. The van der Waals surface area contributed by atoms with Gasteiger partial charge in [-0.25, -0.2) is 19.5 Å². The molecule has 0 bridgehead atoms. The number of ether oxygens (including phenoxy) is 1. The summed E-state index contributed by atoms with van der Waals surface area (Å²) in [5, 5.41) is 13.3. The molecule has 0 atom stereocenters. The maximum Gasteiger partial charge on any atom is 0.407 e. The van der Waals surface area contributed by atoms with Crippen LogP contribution in [0.5, 0.6) is 0 Å². The lowest BCUT2D eigenvalue weighted by molar-refractivity contribution is 0.0529. The van der Waals surface area contributed by atoms with Crippen LogP contribution in [0.2, 0.25) is 0 Å². The minimum atomic E-state index is -0.506. The van der Waals surface area contributed by atoms with Gasteiger partial charge in [0.15, 0.2) is 11.8 Å². The molecule has 2 rings (SSSR count). The van der Waals surface area contributed by atoms with Crippen molar-refractivity contribution >= 4 is 36.0 Å². The van der Waals surface area contributed by atoms with Crippen LogP contribution in [-0.2, 0) is 11.3 Å². The largest absolute Gasteiger partial charge is 0.444 e. The SMILES string of the molecule is CCNC(=NCc1ccnc(-n2cccn2)c1)NCCNC(=O)OC(C)(C)C.I. The van der Waals surface area contributed by atoms with E-state index in [-0.39, 0.29) is 24.0 Å². The third kappa shape index (κ3) is 9.59. The predicted molar refractivity (Wildman–Crippen MR) is 124 cm³/mol. The fourth-order valence-electron chi connectivity index (χ4n) is 2.26. The zero-order valence-electron chi connectivity index (χ0n) is 17.3. The first-order valence-corrected chi connectivity index (χ1v) is 9.31. The van der Waals surface area contributed by atoms with Crippen molar-refractivity contribution in [2.45, 2.75) is 39.8 Å². The smallest absolute Gasteiger partial charge is 0.407 e. The van der Waals surface area contributed by atoms with Crippen LogP contribution >= 0.6 is 24.0 Å². The first kappa shape index (κ1) is 24.7. The molecule has 29 heavy (non-hydrogen) atoms. The van der Waals surface area contributed by atoms with Crippen molar-refractivity contribution in [3.8, 4) is 5.82 Å². The van der Waals surface area contributed by atoms with Gasteiger partial charge in [0.25, 0.3) is 0 Å². The highest BCUT2D eigenvalue weighted by Crippen LogP contribution is 2.07. The van der Waals surface area contributed by atoms with Crippen molar-refractivity contribution in [3.05, 3.63) is 42.4 Å². The van der Waals surface area contributed by atoms with Gasteiger partial charge in [0, 0.05) is 38.2 Å². The minimum Gasteiger partial charge on any atom is -0.444 e. The lowest BCUT2D eigenvalue weighted by Gasteiger charge is -2.19. The minimum absolute atomic E-state index is 0. The van der Waals surface area contributed by atoms with Crippen molar-refractivity contribution < 1.29 is 9.53 Å². The number of aromatic nitrogens is 3. The summed E-state index contributed by atoms with van der Waals surface area (Å²) in [5.74, 6) is 1.42. The molecule has 2 aromatic heterocycles. The monoisotopic (exact) mass is 515 g/mol. The van der Waals surface area contributed by atoms with E-state index in [1.165, 1.54) is 0 Å². The summed E-state index contributed by atoms with van der Waals surface area (Å²) in [4.78, 5) is 20.5. The van der Waals surface area contributed by atoms with Gasteiger partial charge in [-0.3, -0.25) is 0 Å². The van der Waals surface area contributed by atoms with Crippen LogP contribution in [0.3, 0.4) is 0 Å². The molecule has 2 aromatic rings. The number of nitrogens with one attached hydrogen (secondary N) is 3. The normalized spacial score (nSPS) is 11.4. The molecule has 0 fully saturated rings. The van der Waals surface area contributed by atoms with Crippen LogP contribution in [0.25, 0.3) is 5.82 Å². The fourth-order valence-corrected chi connectivity index (χ4v) is 2.26. The van der Waals surface area contributed by atoms with Crippen molar-refractivity contribution in [3.63, 3.8) is 0 Å². The second kappa shape index (κ2) is 12.2. The highest BCUT2D eigenvalue weighted by Gasteiger charge is 2.15. The molecule has 0 aromatic carbocycles. The van der Waals surface area contributed by atoms with E-state index >= 15 is 0 Å². The highest BCUT2D eigenvalue weighted by molar-refractivity contribution is 14.0. The maximum absolute atomic E-state index is 11.6. The van der Waals surface area contributed by atoms with Crippen molar-refractivity contribution in [1.82, 2.24) is 30.7 Å². The van der Waals surface area contributed by atoms with E-state index in [2.05, 4.69) is 31.0 Å². The molecule has 10 heteroatoms. The number of guanidine groups is 1. The summed E-state index contributed by atoms with van der Waals surface area (Å²) in [5.41, 5.74) is 0.512. The number of carbonyl (C=O) groups is 1. The maximum atomic E-state index is 11.6. The Morgan fingerprint density at radius 3 is 2.62 bits per heavy atom. The Kier molecular flexibility index (Phi) is 10.4. The van der Waals surface area contributed by atoms with Crippen LogP contribution in [0.15, 0.2) is 41.8 Å². The molecular formula is C19H30IN7O2. The molecule has 2 heterocycles. The number of rotatable bonds is 7. The zero-order chi connectivity index (χ0) is 20.4. The number of hydrogen-bond donors (Lipinski definition) is 3. The molecule has 3 N–H and O–H groups in total. The number of aliphatic imine (C=N–C) groups is 1. The third-order valence-electron chi connectivity index (χ3n) is 3.40. The molecule has 0 saturated carbocycles. The first-order chi connectivity index (χ1) is 13.4. The molecule has 1 amide bonds. The summed E-state index contributed by atoms with van der Waals surface area (Å²) in [6, 6.07) is 5.72. The Labute approximate surface area is 188 Å². The molecule has 0 aliphatic rings. The van der Waals surface area contributed by atoms with Crippen molar-refractivity contribution in [2.75, 3.05) is 19.6 Å². The van der Waals surface area contributed by atoms with E-state index < -0.39 is 11.7 Å². The Balaban J connectivity index is 0.00000420. The summed E-state index contributed by atoms with van der Waals surface area (Å²) in [6.07, 6.45) is 4.87. The molecule has 0 unspecified atom stereocenters. The average molecular weight is 515 g/mol. The molecular weight excluding hydrogens is 485 g/mol. The molecule has 0 saturated heterocycles. The number of amides is 1. The second-order valence-corrected chi connectivity index (χ2v) is 7.02. The van der Waals surface area contributed by atoms with Gasteiger partial charge in [0.05, 0.1) is 6.54 Å². The van der Waals surface area contributed by atoms with Crippen LogP contribution < -0.4 is 16.0 Å². The number of alkyl carbamates (subject to hydrolysis) is 1. The van der Waals surface area contributed by atoms with Gasteiger partial charge in [0.1, 0.15) is 5.60 Å². The molecule has 0 spiro atoms. The van der Waals surface area contributed by atoms with Crippen molar-refractivity contribution in [1.29, 1.82) is 0 Å². The zero-order valence-corrected chi connectivity index (χ0v) is 19.6. The van der Waals surface area contributed by atoms with Gasteiger partial charge in [-0.1, -0.05) is 0 Å². The molecule has 0 aliphatic heterocycles. The van der Waals surface area contributed by atoms with Crippen LogP contribution in [-0.4, -0.2) is 52.1 Å². The van der Waals surface area contributed by atoms with Crippen LogP contribution in [0.4, 0.5) is 4.79 Å². The van der Waals surface area contributed by atoms with E-state index in [0.29, 0.717) is 25.6 Å². The predicted octanol–water partition coefficient (Wildman–Crippen LogP) is 2.47. The number of hydrogen-bond acceptors (Lipinski definition) is 5. The molecule has 9 nitrogen and oxygen atoms in total. The third-order valence-corrected chi connectivity index (χ3v) is 3.40. The van der Waals surface area contributed by atoms with Gasteiger partial charge in [-0.05, 0) is 51.5 Å². The van der Waals surface area contributed by atoms with E-state index in [1.807, 2.05) is 52.1 Å². The second-order valence-electron chi connectivity index (χ2n) is 7.02. The lowest BCUT2D eigenvalue weighted by Crippen LogP contribution is -2.42. The van der Waals surface area contributed by atoms with Gasteiger partial charge >= 0.3 is 6.09 Å². The van der Waals surface area contributed by atoms with Gasteiger partial charge in [-0.2, -0.15) is 5.10 Å². The number of halogens is 1. The average Bonchev–Trinajstić information content (AvgIpc) is 3.16. The summed E-state index contributed by atoms with van der Waals surface area (Å²) in [6.45, 7) is 9.68. The molecule has 0 radical (unpaired) electrons. The summed E-state index contributed by atoms with van der Waals surface area (Å²) >= 11 is 0. The number of pyridine rings is 1. The van der Waals surface area contributed by atoms with E-state index in [4.69, 9.17) is 4.74 Å². The number of carbonyl (C=O) groups excluding carboxylic acids is 1. The van der Waals surface area contributed by atoms with E-state index in [9.17, 15) is 4.79 Å². The van der Waals surface area contributed by atoms with Gasteiger partial charge in [0.2, 0.25) is 0 Å². The first-order valence-electron chi connectivity index (χ1n) is 9.31. The van der Waals surface area contributed by atoms with Crippen molar-refractivity contribution in [2.24, 2.45) is 4.99 Å². The standard InChI is InChI=1S/C19H29N7O2.HI/c1-5-20-17(22-10-11-23-18(27)28-19(2,3)4)24-14-15-7-9-21-16(13-15)26-12-6-8-25-26;/h6-9,12-13H,5,10-11,14H2,1-4H3,(H,23,27)(H2,20,22,24);1H. The Morgan fingerprint density at radius 2 is 1.97 bits per heavy atom. The lowest BCUT2D eigenvalue weighted by atomic mass is 10.2. The van der Waals surface area contributed by atoms with E-state index in [1.54, 1.807) is 17.1 Å². The number of nitrogens with zero attached hydrogens (tertiary/aromatic N) is 4.